The molecule has 158 valence electrons. The van der Waals surface area contributed by atoms with Gasteiger partial charge in [-0.2, -0.15) is 0 Å². The van der Waals surface area contributed by atoms with Crippen molar-refractivity contribution < 1.29 is 33.2 Å². The zero-order chi connectivity index (χ0) is 21.4. The van der Waals surface area contributed by atoms with Crippen molar-refractivity contribution in [2.45, 2.75) is 19.3 Å². The molecule has 0 unspecified atom stereocenters. The molecule has 0 heterocycles. The molecule has 0 spiro atoms. The second kappa shape index (κ2) is 10.5. The number of carbonyl (C=O) groups excluding carboxylic acids is 1. The highest BCUT2D eigenvalue weighted by Crippen LogP contribution is 2.39. The lowest BCUT2D eigenvalue weighted by atomic mass is 9.91. The van der Waals surface area contributed by atoms with Crippen LogP contribution in [-0.4, -0.2) is 48.1 Å². The molecule has 0 aliphatic carbocycles. The molecule has 0 radical (unpaired) electrons. The lowest BCUT2D eigenvalue weighted by molar-refractivity contribution is -0.141. The fourth-order valence-corrected chi connectivity index (χ4v) is 3.12. The van der Waals surface area contributed by atoms with Gasteiger partial charge < -0.3 is 28.4 Å². The van der Waals surface area contributed by atoms with Crippen molar-refractivity contribution in [1.29, 1.82) is 0 Å². The maximum Gasteiger partial charge on any atom is 0.302 e. The summed E-state index contributed by atoms with van der Waals surface area (Å²) in [4.78, 5) is 11.5. The third kappa shape index (κ3) is 5.47. The Morgan fingerprint density at radius 2 is 1.38 bits per heavy atom. The molecule has 0 aliphatic rings. The molecular weight excluding hydrogens is 376 g/mol. The second-order valence-electron chi connectivity index (χ2n) is 6.33. The molecule has 0 saturated heterocycles. The highest BCUT2D eigenvalue weighted by molar-refractivity contribution is 5.66. The maximum atomic E-state index is 11.5. The Morgan fingerprint density at radius 1 is 0.793 bits per heavy atom. The normalized spacial score (nSPS) is 11.4. The Kier molecular flexibility index (Phi) is 8.00. The summed E-state index contributed by atoms with van der Waals surface area (Å²) in [7, 11) is 7.94. The minimum atomic E-state index is -0.343. The Labute approximate surface area is 171 Å². The van der Waals surface area contributed by atoms with Crippen LogP contribution < -0.4 is 23.7 Å². The molecule has 0 saturated carbocycles. The van der Waals surface area contributed by atoms with E-state index in [1.54, 1.807) is 47.7 Å². The number of esters is 1. The van der Waals surface area contributed by atoms with Gasteiger partial charge in [-0.25, -0.2) is 0 Å². The van der Waals surface area contributed by atoms with Crippen LogP contribution >= 0.6 is 0 Å². The number of hydrogen-bond donors (Lipinski definition) is 0. The highest BCUT2D eigenvalue weighted by atomic mass is 16.5. The van der Waals surface area contributed by atoms with Gasteiger partial charge in [-0.05, 0) is 24.1 Å². The van der Waals surface area contributed by atoms with E-state index in [0.29, 0.717) is 35.2 Å². The lowest BCUT2D eigenvalue weighted by Gasteiger charge is -2.22. The number of rotatable bonds is 10. The standard InChI is InChI=1S/C22H28O7/c1-14(23)29-13-16(15-7-8-19(25-3)22(10-15)28-6)9-18-20(26-4)11-17(24-2)12-21(18)27-5/h7-8,10-12,16H,9,13H2,1-6H3/t16-/m1/s1. The third-order valence-electron chi connectivity index (χ3n) is 4.63. The quantitative estimate of drug-likeness (QED) is 0.560. The Hall–Kier alpha value is -3.09. The SMILES string of the molecule is COc1cc(OC)c(C[C@H](COC(C)=O)c2ccc(OC)c(OC)c2)c(OC)c1. The van der Waals surface area contributed by atoms with Gasteiger partial charge in [-0.15, -0.1) is 0 Å². The number of carbonyl (C=O) groups is 1. The number of hydrogen-bond acceptors (Lipinski definition) is 7. The zero-order valence-electron chi connectivity index (χ0n) is 17.7. The topological polar surface area (TPSA) is 72.5 Å². The van der Waals surface area contributed by atoms with Gasteiger partial charge in [0.25, 0.3) is 0 Å². The van der Waals surface area contributed by atoms with E-state index < -0.39 is 0 Å². The molecule has 0 aromatic heterocycles. The molecule has 0 amide bonds. The maximum absolute atomic E-state index is 11.5. The Balaban J connectivity index is 2.48. The van der Waals surface area contributed by atoms with Crippen molar-refractivity contribution in [3.05, 3.63) is 41.5 Å². The smallest absolute Gasteiger partial charge is 0.302 e. The molecule has 7 nitrogen and oxygen atoms in total. The Bertz CT molecular complexity index is 807. The molecule has 0 fully saturated rings. The zero-order valence-corrected chi connectivity index (χ0v) is 17.7. The van der Waals surface area contributed by atoms with E-state index in [9.17, 15) is 4.79 Å². The predicted molar refractivity (Wildman–Crippen MR) is 109 cm³/mol. The summed E-state index contributed by atoms with van der Waals surface area (Å²) in [5.41, 5.74) is 1.78. The average molecular weight is 404 g/mol. The van der Waals surface area contributed by atoms with Crippen molar-refractivity contribution in [2.75, 3.05) is 42.2 Å². The van der Waals surface area contributed by atoms with E-state index in [-0.39, 0.29) is 18.5 Å². The molecule has 2 rings (SSSR count). The van der Waals surface area contributed by atoms with E-state index >= 15 is 0 Å². The first-order valence-electron chi connectivity index (χ1n) is 9.11. The van der Waals surface area contributed by atoms with Crippen molar-refractivity contribution in [1.82, 2.24) is 0 Å². The van der Waals surface area contributed by atoms with Crippen molar-refractivity contribution in [3.63, 3.8) is 0 Å². The Morgan fingerprint density at radius 3 is 1.86 bits per heavy atom. The van der Waals surface area contributed by atoms with Crippen molar-refractivity contribution in [3.8, 4) is 28.7 Å². The van der Waals surface area contributed by atoms with E-state index in [1.807, 2.05) is 18.2 Å². The summed E-state index contributed by atoms with van der Waals surface area (Å²) in [6.07, 6.45) is 0.513. The van der Waals surface area contributed by atoms with Gasteiger partial charge in [0, 0.05) is 30.5 Å². The van der Waals surface area contributed by atoms with Crippen LogP contribution in [0.15, 0.2) is 30.3 Å². The fourth-order valence-electron chi connectivity index (χ4n) is 3.12. The van der Waals surface area contributed by atoms with Gasteiger partial charge in [-0.1, -0.05) is 6.07 Å². The summed E-state index contributed by atoms with van der Waals surface area (Å²) in [5, 5.41) is 0. The molecule has 0 aliphatic heterocycles. The largest absolute Gasteiger partial charge is 0.496 e. The molecule has 7 heteroatoms. The average Bonchev–Trinajstić information content (AvgIpc) is 2.75. The van der Waals surface area contributed by atoms with Crippen LogP contribution in [0.2, 0.25) is 0 Å². The van der Waals surface area contributed by atoms with Crippen LogP contribution in [0.1, 0.15) is 24.0 Å². The molecule has 0 N–H and O–H groups in total. The third-order valence-corrected chi connectivity index (χ3v) is 4.63. The minimum absolute atomic E-state index is 0.157. The summed E-state index contributed by atoms with van der Waals surface area (Å²) in [6.45, 7) is 1.59. The van der Waals surface area contributed by atoms with Crippen LogP contribution in [-0.2, 0) is 16.0 Å². The van der Waals surface area contributed by atoms with Crippen LogP contribution in [0.25, 0.3) is 0 Å². The first kappa shape index (κ1) is 22.2. The van der Waals surface area contributed by atoms with Crippen LogP contribution in [0.5, 0.6) is 28.7 Å². The van der Waals surface area contributed by atoms with Crippen LogP contribution in [0, 0.1) is 0 Å². The molecule has 2 aromatic carbocycles. The first-order chi connectivity index (χ1) is 14.0. The second-order valence-corrected chi connectivity index (χ2v) is 6.33. The number of ether oxygens (including phenoxy) is 6. The van der Waals surface area contributed by atoms with Gasteiger partial charge in [-0.3, -0.25) is 4.79 Å². The molecule has 1 atom stereocenters. The number of benzene rings is 2. The summed E-state index contributed by atoms with van der Waals surface area (Å²) in [5.74, 6) is 2.63. The van der Waals surface area contributed by atoms with E-state index in [0.717, 1.165) is 11.1 Å². The first-order valence-corrected chi connectivity index (χ1v) is 9.11. The van der Waals surface area contributed by atoms with Gasteiger partial charge in [0.15, 0.2) is 11.5 Å². The van der Waals surface area contributed by atoms with Gasteiger partial charge in [0.2, 0.25) is 0 Å². The van der Waals surface area contributed by atoms with Crippen LogP contribution in [0.4, 0.5) is 0 Å². The van der Waals surface area contributed by atoms with E-state index in [2.05, 4.69) is 0 Å². The van der Waals surface area contributed by atoms with E-state index in [1.165, 1.54) is 6.92 Å². The fraction of sp³-hybridized carbons (Fsp3) is 0.409. The molecule has 2 aromatic rings. The summed E-state index contributed by atoms with van der Waals surface area (Å²) >= 11 is 0. The summed E-state index contributed by atoms with van der Waals surface area (Å²) in [6, 6.07) is 9.25. The van der Waals surface area contributed by atoms with Crippen molar-refractivity contribution >= 4 is 5.97 Å². The highest BCUT2D eigenvalue weighted by Gasteiger charge is 2.22. The van der Waals surface area contributed by atoms with Crippen molar-refractivity contribution in [2.24, 2.45) is 0 Å². The van der Waals surface area contributed by atoms with Gasteiger partial charge in [0.05, 0.1) is 42.2 Å². The monoisotopic (exact) mass is 404 g/mol. The lowest BCUT2D eigenvalue weighted by Crippen LogP contribution is -2.15. The summed E-state index contributed by atoms with van der Waals surface area (Å²) < 4.78 is 32.5. The minimum Gasteiger partial charge on any atom is -0.496 e. The van der Waals surface area contributed by atoms with Gasteiger partial charge in [0.1, 0.15) is 17.2 Å². The van der Waals surface area contributed by atoms with Crippen LogP contribution in [0.3, 0.4) is 0 Å². The number of methoxy groups -OCH3 is 5. The van der Waals surface area contributed by atoms with Gasteiger partial charge >= 0.3 is 5.97 Å². The molecular formula is C22H28O7. The molecule has 0 bridgehead atoms. The predicted octanol–water partition coefficient (Wildman–Crippen LogP) is 3.62. The van der Waals surface area contributed by atoms with E-state index in [4.69, 9.17) is 28.4 Å². The molecule has 29 heavy (non-hydrogen) atoms.